The molecule has 5 rings (SSSR count). The zero-order valence-electron chi connectivity index (χ0n) is 22.1. The van der Waals surface area contributed by atoms with Crippen LogP contribution in [0.15, 0.2) is 30.3 Å². The van der Waals surface area contributed by atoms with E-state index in [4.69, 9.17) is 0 Å². The second-order valence-corrected chi connectivity index (χ2v) is 11.0. The van der Waals surface area contributed by atoms with Gasteiger partial charge in [-0.15, -0.1) is 0 Å². The lowest BCUT2D eigenvalue weighted by Gasteiger charge is -2.42. The number of aryl methyl sites for hydroxylation is 1. The number of nitrogens with zero attached hydrogens (tertiary/aromatic N) is 2. The standard InChI is InChI=1S/C29H34F6N4/c1-17-4-5-25-21(10-17)22-11-18(2)39(16-29(34,35)15-31)28(27(22)37-25)26-23(32)12-20(13-24(26)33)36-19-6-9-38(14-19)8-3-7-30/h4-5,10,12-13,18-19,28,36-37H,3,6-9,11,14-16H2,1-2H3/t18-,19+,28-/m1/s1. The number of nitrogens with one attached hydrogen (secondary N) is 2. The van der Waals surface area contributed by atoms with Gasteiger partial charge in [-0.2, -0.15) is 0 Å². The molecule has 39 heavy (non-hydrogen) atoms. The molecule has 3 atom stereocenters. The molecule has 3 heterocycles. The Bertz CT molecular complexity index is 1300. The number of aromatic amines is 1. The van der Waals surface area contributed by atoms with Crippen LogP contribution in [0.5, 0.6) is 0 Å². The van der Waals surface area contributed by atoms with E-state index >= 15 is 8.78 Å². The zero-order chi connectivity index (χ0) is 27.9. The Hall–Kier alpha value is -2.72. The normalized spacial score (nSPS) is 22.5. The first-order chi connectivity index (χ1) is 18.6. The van der Waals surface area contributed by atoms with Crippen LogP contribution in [-0.4, -0.2) is 72.3 Å². The molecule has 1 aromatic heterocycles. The maximum atomic E-state index is 15.8. The molecule has 10 heteroatoms. The van der Waals surface area contributed by atoms with Crippen LogP contribution in [-0.2, 0) is 6.42 Å². The maximum Gasteiger partial charge on any atom is 0.288 e. The number of alkyl halides is 4. The average molecular weight is 553 g/mol. The molecular weight excluding hydrogens is 518 g/mol. The highest BCUT2D eigenvalue weighted by molar-refractivity contribution is 5.86. The summed E-state index contributed by atoms with van der Waals surface area (Å²) in [6.45, 7) is 2.46. The fourth-order valence-electron chi connectivity index (χ4n) is 6.14. The number of hydrogen-bond donors (Lipinski definition) is 2. The van der Waals surface area contributed by atoms with E-state index in [1.165, 1.54) is 17.0 Å². The second kappa shape index (κ2) is 11.0. The Morgan fingerprint density at radius 2 is 1.85 bits per heavy atom. The van der Waals surface area contributed by atoms with Crippen molar-refractivity contribution in [2.45, 2.75) is 57.2 Å². The maximum absolute atomic E-state index is 15.8. The van der Waals surface area contributed by atoms with Crippen molar-refractivity contribution in [2.75, 3.05) is 44.8 Å². The molecule has 0 unspecified atom stereocenters. The first-order valence-corrected chi connectivity index (χ1v) is 13.4. The Kier molecular flexibility index (Phi) is 7.88. The fourth-order valence-corrected chi connectivity index (χ4v) is 6.14. The monoisotopic (exact) mass is 552 g/mol. The number of fused-ring (bicyclic) bond motifs is 3. The summed E-state index contributed by atoms with van der Waals surface area (Å²) in [6.07, 6.45) is 1.57. The smallest absolute Gasteiger partial charge is 0.288 e. The summed E-state index contributed by atoms with van der Waals surface area (Å²) >= 11 is 0. The lowest BCUT2D eigenvalue weighted by Crippen LogP contribution is -2.49. The molecule has 4 nitrogen and oxygen atoms in total. The van der Waals surface area contributed by atoms with Gasteiger partial charge in [0.1, 0.15) is 11.6 Å². The van der Waals surface area contributed by atoms with E-state index in [0.29, 0.717) is 31.6 Å². The van der Waals surface area contributed by atoms with E-state index in [2.05, 4.69) is 15.2 Å². The molecule has 0 aliphatic carbocycles. The van der Waals surface area contributed by atoms with Gasteiger partial charge in [-0.25, -0.2) is 22.0 Å². The topological polar surface area (TPSA) is 34.3 Å². The molecule has 0 radical (unpaired) electrons. The Balaban J connectivity index is 1.52. The van der Waals surface area contributed by atoms with Gasteiger partial charge >= 0.3 is 0 Å². The van der Waals surface area contributed by atoms with Crippen molar-refractivity contribution in [3.63, 3.8) is 0 Å². The van der Waals surface area contributed by atoms with Gasteiger partial charge in [-0.05, 0) is 62.9 Å². The molecule has 1 saturated heterocycles. The molecule has 0 saturated carbocycles. The van der Waals surface area contributed by atoms with Crippen LogP contribution in [0.3, 0.4) is 0 Å². The lowest BCUT2D eigenvalue weighted by atomic mass is 9.87. The van der Waals surface area contributed by atoms with Crippen LogP contribution in [0.4, 0.5) is 32.0 Å². The zero-order valence-corrected chi connectivity index (χ0v) is 22.1. The van der Waals surface area contributed by atoms with Gasteiger partial charge in [0.05, 0.1) is 19.3 Å². The van der Waals surface area contributed by atoms with E-state index in [9.17, 15) is 17.6 Å². The molecule has 0 spiro atoms. The summed E-state index contributed by atoms with van der Waals surface area (Å²) in [6, 6.07) is 6.37. The number of benzene rings is 2. The number of anilines is 1. The molecule has 2 N–H and O–H groups in total. The summed E-state index contributed by atoms with van der Waals surface area (Å²) in [4.78, 5) is 6.64. The van der Waals surface area contributed by atoms with Gasteiger partial charge in [0, 0.05) is 59.6 Å². The van der Waals surface area contributed by atoms with Crippen molar-refractivity contribution in [3.8, 4) is 0 Å². The van der Waals surface area contributed by atoms with Gasteiger partial charge in [0.2, 0.25) is 0 Å². The summed E-state index contributed by atoms with van der Waals surface area (Å²) in [7, 11) is 0. The van der Waals surface area contributed by atoms with Crippen molar-refractivity contribution in [1.82, 2.24) is 14.8 Å². The quantitative estimate of drug-likeness (QED) is 0.296. The Morgan fingerprint density at radius 3 is 2.54 bits per heavy atom. The summed E-state index contributed by atoms with van der Waals surface area (Å²) in [5, 5.41) is 4.05. The number of halogens is 6. The SMILES string of the molecule is Cc1ccc2[nH]c3c(c2c1)C[C@@H](C)N(CC(F)(F)CF)[C@@H]3c1c(F)cc(N[C@H]2CCN(CCCF)C2)cc1F. The number of H-pyrrole nitrogens is 1. The van der Waals surface area contributed by atoms with Crippen molar-refractivity contribution < 1.29 is 26.3 Å². The first-order valence-electron chi connectivity index (χ1n) is 13.4. The van der Waals surface area contributed by atoms with Crippen molar-refractivity contribution >= 4 is 16.6 Å². The van der Waals surface area contributed by atoms with Crippen LogP contribution in [0, 0.1) is 18.6 Å². The highest BCUT2D eigenvalue weighted by atomic mass is 19.3. The predicted molar refractivity (Wildman–Crippen MR) is 141 cm³/mol. The lowest BCUT2D eigenvalue weighted by molar-refractivity contribution is -0.0678. The minimum atomic E-state index is -3.67. The molecule has 212 valence electrons. The van der Waals surface area contributed by atoms with Crippen LogP contribution < -0.4 is 5.32 Å². The fraction of sp³-hybridized carbons (Fsp3) is 0.517. The molecule has 2 aliphatic heterocycles. The minimum Gasteiger partial charge on any atom is -0.381 e. The predicted octanol–water partition coefficient (Wildman–Crippen LogP) is 6.54. The van der Waals surface area contributed by atoms with Crippen LogP contribution in [0.1, 0.15) is 48.2 Å². The Morgan fingerprint density at radius 1 is 1.10 bits per heavy atom. The summed E-state index contributed by atoms with van der Waals surface area (Å²) < 4.78 is 86.1. The number of hydrogen-bond acceptors (Lipinski definition) is 3. The average Bonchev–Trinajstić information content (AvgIpc) is 3.47. The highest BCUT2D eigenvalue weighted by Crippen LogP contribution is 2.44. The Labute approximate surface area is 224 Å². The van der Waals surface area contributed by atoms with E-state index in [0.717, 1.165) is 35.0 Å². The summed E-state index contributed by atoms with van der Waals surface area (Å²) in [5.74, 6) is -5.39. The largest absolute Gasteiger partial charge is 0.381 e. The number of likely N-dealkylation sites (tertiary alicyclic amines) is 1. The second-order valence-electron chi connectivity index (χ2n) is 11.0. The third kappa shape index (κ3) is 5.63. The molecule has 1 fully saturated rings. The molecular formula is C29H34F6N4. The van der Waals surface area contributed by atoms with Crippen LogP contribution in [0.2, 0.25) is 0 Å². The molecule has 0 amide bonds. The third-order valence-electron chi connectivity index (χ3n) is 7.98. The van der Waals surface area contributed by atoms with Crippen molar-refractivity contribution in [1.29, 1.82) is 0 Å². The van der Waals surface area contributed by atoms with E-state index in [1.54, 1.807) is 6.92 Å². The van der Waals surface area contributed by atoms with E-state index < -0.39 is 49.5 Å². The van der Waals surface area contributed by atoms with Gasteiger partial charge in [0.25, 0.3) is 5.92 Å². The van der Waals surface area contributed by atoms with Gasteiger partial charge in [-0.3, -0.25) is 9.29 Å². The van der Waals surface area contributed by atoms with Gasteiger partial charge in [0.15, 0.2) is 6.67 Å². The number of aromatic nitrogens is 1. The van der Waals surface area contributed by atoms with Crippen LogP contribution >= 0.6 is 0 Å². The van der Waals surface area contributed by atoms with E-state index in [-0.39, 0.29) is 17.3 Å². The third-order valence-corrected chi connectivity index (χ3v) is 7.98. The molecule has 2 aliphatic rings. The number of rotatable bonds is 9. The van der Waals surface area contributed by atoms with E-state index in [1.807, 2.05) is 25.1 Å². The highest BCUT2D eigenvalue weighted by Gasteiger charge is 2.44. The molecule has 2 aromatic carbocycles. The minimum absolute atomic E-state index is 0.0488. The molecule has 3 aromatic rings. The van der Waals surface area contributed by atoms with Crippen molar-refractivity contribution in [3.05, 3.63) is 64.4 Å². The first kappa shape index (κ1) is 27.8. The van der Waals surface area contributed by atoms with Gasteiger partial charge in [-0.1, -0.05) is 11.6 Å². The van der Waals surface area contributed by atoms with Gasteiger partial charge < -0.3 is 15.2 Å². The summed E-state index contributed by atoms with van der Waals surface area (Å²) in [5.41, 5.74) is 2.93. The van der Waals surface area contributed by atoms with Crippen LogP contribution in [0.25, 0.3) is 10.9 Å². The molecule has 0 bridgehead atoms. The van der Waals surface area contributed by atoms with Crippen molar-refractivity contribution in [2.24, 2.45) is 0 Å².